The molecule has 0 unspecified atom stereocenters. The molecule has 1 saturated heterocycles. The predicted molar refractivity (Wildman–Crippen MR) is 109 cm³/mol. The number of aliphatic carboxylic acids is 1. The molecule has 0 saturated carbocycles. The van der Waals surface area contributed by atoms with Crippen LogP contribution in [0, 0.1) is 0 Å². The van der Waals surface area contributed by atoms with Crippen LogP contribution in [-0.2, 0) is 16.1 Å². The van der Waals surface area contributed by atoms with Gasteiger partial charge in [0, 0.05) is 27.7 Å². The molecule has 0 spiro atoms. The molecule has 140 valence electrons. The SMILES string of the molecule is O=C(O)Cn1cc(/C=C2\SC(=O)N(c3cccc(Cl)c3)C2=O)c2ccccc21. The fourth-order valence-electron chi connectivity index (χ4n) is 3.11. The lowest BCUT2D eigenvalue weighted by Crippen LogP contribution is -2.27. The molecule has 1 N–H and O–H groups in total. The summed E-state index contributed by atoms with van der Waals surface area (Å²) in [6.07, 6.45) is 3.29. The van der Waals surface area contributed by atoms with Crippen LogP contribution in [0.15, 0.2) is 59.6 Å². The largest absolute Gasteiger partial charge is 0.480 e. The van der Waals surface area contributed by atoms with E-state index in [4.69, 9.17) is 16.7 Å². The second-order valence-electron chi connectivity index (χ2n) is 6.12. The molecule has 2 heterocycles. The number of carboxylic acid groups (broad SMARTS) is 1. The number of halogens is 1. The average molecular weight is 413 g/mol. The van der Waals surface area contributed by atoms with Crippen molar-refractivity contribution in [3.05, 3.63) is 70.2 Å². The number of amides is 2. The molecule has 4 rings (SSSR count). The number of para-hydroxylation sites is 1. The molecule has 2 aromatic carbocycles. The number of carbonyl (C=O) groups is 3. The van der Waals surface area contributed by atoms with E-state index < -0.39 is 17.1 Å². The second kappa shape index (κ2) is 7.18. The summed E-state index contributed by atoms with van der Waals surface area (Å²) in [5.74, 6) is -1.40. The van der Waals surface area contributed by atoms with Gasteiger partial charge in [-0.05, 0) is 42.1 Å². The number of thioether (sulfide) groups is 1. The molecule has 6 nitrogen and oxygen atoms in total. The first-order chi connectivity index (χ1) is 13.4. The third kappa shape index (κ3) is 3.30. The van der Waals surface area contributed by atoms with Crippen molar-refractivity contribution in [2.24, 2.45) is 0 Å². The third-order valence-electron chi connectivity index (χ3n) is 4.27. The lowest BCUT2D eigenvalue weighted by Gasteiger charge is -2.12. The zero-order valence-corrected chi connectivity index (χ0v) is 15.9. The van der Waals surface area contributed by atoms with Crippen LogP contribution in [0.1, 0.15) is 5.56 Å². The summed E-state index contributed by atoms with van der Waals surface area (Å²) >= 11 is 6.81. The van der Waals surface area contributed by atoms with Gasteiger partial charge in [-0.25, -0.2) is 4.90 Å². The van der Waals surface area contributed by atoms with Crippen LogP contribution >= 0.6 is 23.4 Å². The van der Waals surface area contributed by atoms with Crippen molar-refractivity contribution in [2.45, 2.75) is 6.54 Å². The highest BCUT2D eigenvalue weighted by molar-refractivity contribution is 8.19. The van der Waals surface area contributed by atoms with E-state index in [1.807, 2.05) is 24.3 Å². The van der Waals surface area contributed by atoms with Gasteiger partial charge >= 0.3 is 5.97 Å². The summed E-state index contributed by atoms with van der Waals surface area (Å²) in [5.41, 5.74) is 1.82. The Morgan fingerprint density at radius 2 is 1.93 bits per heavy atom. The van der Waals surface area contributed by atoms with Crippen molar-refractivity contribution >= 4 is 63.1 Å². The van der Waals surface area contributed by atoms with E-state index in [1.165, 1.54) is 0 Å². The second-order valence-corrected chi connectivity index (χ2v) is 7.55. The number of fused-ring (bicyclic) bond motifs is 1. The number of carbonyl (C=O) groups excluding carboxylic acids is 2. The Hall–Kier alpha value is -3.03. The van der Waals surface area contributed by atoms with Crippen molar-refractivity contribution < 1.29 is 19.5 Å². The van der Waals surface area contributed by atoms with Crippen LogP contribution in [0.5, 0.6) is 0 Å². The van der Waals surface area contributed by atoms with Crippen LogP contribution in [0.25, 0.3) is 17.0 Å². The summed E-state index contributed by atoms with van der Waals surface area (Å²) in [6.45, 7) is -0.196. The van der Waals surface area contributed by atoms with E-state index in [-0.39, 0.29) is 11.4 Å². The molecule has 1 aliphatic rings. The van der Waals surface area contributed by atoms with Gasteiger partial charge in [-0.3, -0.25) is 14.4 Å². The van der Waals surface area contributed by atoms with Crippen LogP contribution < -0.4 is 4.90 Å². The minimum Gasteiger partial charge on any atom is -0.480 e. The maximum Gasteiger partial charge on any atom is 0.323 e. The summed E-state index contributed by atoms with van der Waals surface area (Å²) in [6, 6.07) is 13.8. The van der Waals surface area contributed by atoms with Gasteiger partial charge in [0.1, 0.15) is 6.54 Å². The van der Waals surface area contributed by atoms with E-state index >= 15 is 0 Å². The number of hydrogen-bond acceptors (Lipinski definition) is 4. The zero-order valence-electron chi connectivity index (χ0n) is 14.3. The molecule has 28 heavy (non-hydrogen) atoms. The standard InChI is InChI=1S/C20H13ClN2O4S/c21-13-4-3-5-14(9-13)23-19(26)17(28-20(23)27)8-12-10-22(11-18(24)25)16-7-2-1-6-15(12)16/h1-10H,11H2,(H,24,25)/b17-8-. The average Bonchev–Trinajstić information content (AvgIpc) is 3.12. The molecule has 1 aliphatic heterocycles. The first-order valence-corrected chi connectivity index (χ1v) is 9.46. The topological polar surface area (TPSA) is 79.6 Å². The monoisotopic (exact) mass is 412 g/mol. The Kier molecular flexibility index (Phi) is 4.70. The lowest BCUT2D eigenvalue weighted by molar-refractivity contribution is -0.137. The van der Waals surface area contributed by atoms with Gasteiger partial charge in [0.25, 0.3) is 11.1 Å². The van der Waals surface area contributed by atoms with E-state index in [0.717, 1.165) is 27.6 Å². The van der Waals surface area contributed by atoms with Crippen LogP contribution in [0.3, 0.4) is 0 Å². The highest BCUT2D eigenvalue weighted by Crippen LogP contribution is 2.37. The highest BCUT2D eigenvalue weighted by Gasteiger charge is 2.36. The van der Waals surface area contributed by atoms with Gasteiger partial charge in [-0.2, -0.15) is 0 Å². The van der Waals surface area contributed by atoms with Gasteiger partial charge in [-0.15, -0.1) is 0 Å². The van der Waals surface area contributed by atoms with Crippen LogP contribution in [-0.4, -0.2) is 26.8 Å². The zero-order chi connectivity index (χ0) is 19.8. The van der Waals surface area contributed by atoms with Crippen molar-refractivity contribution in [3.63, 3.8) is 0 Å². The summed E-state index contributed by atoms with van der Waals surface area (Å²) in [7, 11) is 0. The molecule has 2 amide bonds. The number of anilines is 1. The minimum absolute atomic E-state index is 0.196. The van der Waals surface area contributed by atoms with Gasteiger partial charge in [-0.1, -0.05) is 35.9 Å². The lowest BCUT2D eigenvalue weighted by atomic mass is 10.1. The molecule has 0 atom stereocenters. The van der Waals surface area contributed by atoms with Crippen molar-refractivity contribution in [1.82, 2.24) is 4.57 Å². The molecule has 1 fully saturated rings. The normalized spacial score (nSPS) is 15.8. The Bertz CT molecular complexity index is 1170. The number of benzene rings is 2. The van der Waals surface area contributed by atoms with Crippen molar-refractivity contribution in [3.8, 4) is 0 Å². The van der Waals surface area contributed by atoms with Crippen LogP contribution in [0.2, 0.25) is 5.02 Å². The van der Waals surface area contributed by atoms with Crippen LogP contribution in [0.4, 0.5) is 10.5 Å². The van der Waals surface area contributed by atoms with Gasteiger partial charge < -0.3 is 9.67 Å². The van der Waals surface area contributed by atoms with Crippen molar-refractivity contribution in [2.75, 3.05) is 4.90 Å². The molecule has 3 aromatic rings. The molecule has 0 bridgehead atoms. The first kappa shape index (κ1) is 18.3. The fourth-order valence-corrected chi connectivity index (χ4v) is 4.13. The maximum atomic E-state index is 12.8. The number of nitrogens with zero attached hydrogens (tertiary/aromatic N) is 2. The Balaban J connectivity index is 1.75. The quantitative estimate of drug-likeness (QED) is 0.632. The maximum absolute atomic E-state index is 12.8. The van der Waals surface area contributed by atoms with Gasteiger partial charge in [0.05, 0.1) is 10.6 Å². The molecule has 1 aromatic heterocycles. The molecule has 0 radical (unpaired) electrons. The minimum atomic E-state index is -0.964. The number of imide groups is 1. The predicted octanol–water partition coefficient (Wildman–Crippen LogP) is 4.62. The Morgan fingerprint density at radius 3 is 2.68 bits per heavy atom. The highest BCUT2D eigenvalue weighted by atomic mass is 35.5. The first-order valence-electron chi connectivity index (χ1n) is 8.27. The summed E-state index contributed by atoms with van der Waals surface area (Å²) in [5, 5.41) is 9.95. The van der Waals surface area contributed by atoms with E-state index in [0.29, 0.717) is 16.3 Å². The third-order valence-corrected chi connectivity index (χ3v) is 5.38. The summed E-state index contributed by atoms with van der Waals surface area (Å²) < 4.78 is 1.60. The van der Waals surface area contributed by atoms with Gasteiger partial charge in [0.2, 0.25) is 0 Å². The Labute approximate surface area is 169 Å². The van der Waals surface area contributed by atoms with Gasteiger partial charge in [0.15, 0.2) is 0 Å². The fraction of sp³-hybridized carbons (Fsp3) is 0.0500. The van der Waals surface area contributed by atoms with E-state index in [1.54, 1.807) is 41.1 Å². The smallest absolute Gasteiger partial charge is 0.323 e. The van der Waals surface area contributed by atoms with Crippen molar-refractivity contribution in [1.29, 1.82) is 0 Å². The molecular formula is C20H13ClN2O4S. The van der Waals surface area contributed by atoms with E-state index in [2.05, 4.69) is 0 Å². The number of hydrogen-bond donors (Lipinski definition) is 1. The summed E-state index contributed by atoms with van der Waals surface area (Å²) in [4.78, 5) is 37.7. The number of rotatable bonds is 4. The Morgan fingerprint density at radius 1 is 1.14 bits per heavy atom. The van der Waals surface area contributed by atoms with E-state index in [9.17, 15) is 14.4 Å². The molecule has 8 heteroatoms. The number of carboxylic acids is 1. The molecule has 0 aliphatic carbocycles. The molecular weight excluding hydrogens is 400 g/mol. The number of aromatic nitrogens is 1.